The first-order chi connectivity index (χ1) is 8.72. The summed E-state index contributed by atoms with van der Waals surface area (Å²) in [5.74, 6) is 0.957. The van der Waals surface area contributed by atoms with E-state index in [9.17, 15) is 0 Å². The van der Waals surface area contributed by atoms with Gasteiger partial charge in [0.05, 0.1) is 5.52 Å². The van der Waals surface area contributed by atoms with E-state index in [-0.39, 0.29) is 6.10 Å². The number of hydrogen-bond acceptors (Lipinski definition) is 3. The van der Waals surface area contributed by atoms with Crippen molar-refractivity contribution in [3.63, 3.8) is 0 Å². The summed E-state index contributed by atoms with van der Waals surface area (Å²) >= 11 is 0. The zero-order valence-corrected chi connectivity index (χ0v) is 10.8. The minimum Gasteiger partial charge on any atom is -0.488 e. The monoisotopic (exact) mass is 242 g/mol. The Morgan fingerprint density at radius 2 is 2.17 bits per heavy atom. The SMILES string of the molecule is Cc1cc(O[C@H]2CN[C@@H](C)C2)c2ccccc2n1. The van der Waals surface area contributed by atoms with Crippen molar-refractivity contribution in [2.45, 2.75) is 32.4 Å². The number of nitrogens with zero attached hydrogens (tertiary/aromatic N) is 1. The van der Waals surface area contributed by atoms with Crippen molar-refractivity contribution in [2.75, 3.05) is 6.54 Å². The summed E-state index contributed by atoms with van der Waals surface area (Å²) in [4.78, 5) is 4.53. The molecule has 1 aromatic carbocycles. The molecule has 1 fully saturated rings. The van der Waals surface area contributed by atoms with Crippen LogP contribution < -0.4 is 10.1 Å². The molecule has 1 saturated heterocycles. The number of ether oxygens (including phenoxy) is 1. The van der Waals surface area contributed by atoms with E-state index >= 15 is 0 Å². The number of aryl methyl sites for hydroxylation is 1. The van der Waals surface area contributed by atoms with Crippen LogP contribution in [-0.2, 0) is 0 Å². The molecule has 0 spiro atoms. The topological polar surface area (TPSA) is 34.1 Å². The van der Waals surface area contributed by atoms with E-state index in [1.165, 1.54) is 0 Å². The standard InChI is InChI=1S/C15H18N2O/c1-10-7-12(9-16-10)18-15-8-11(2)17-14-6-4-3-5-13(14)15/h3-6,8,10,12,16H,7,9H2,1-2H3/t10-,12+/m0/s1. The van der Waals surface area contributed by atoms with E-state index in [1.54, 1.807) is 0 Å². The summed E-state index contributed by atoms with van der Waals surface area (Å²) in [5, 5.41) is 4.51. The van der Waals surface area contributed by atoms with Crippen LogP contribution in [0.15, 0.2) is 30.3 Å². The van der Waals surface area contributed by atoms with E-state index in [4.69, 9.17) is 4.74 Å². The normalized spacial score (nSPS) is 23.4. The number of nitrogens with one attached hydrogen (secondary N) is 1. The second-order valence-corrected chi connectivity index (χ2v) is 5.06. The van der Waals surface area contributed by atoms with Gasteiger partial charge < -0.3 is 10.1 Å². The van der Waals surface area contributed by atoms with Crippen molar-refractivity contribution >= 4 is 10.9 Å². The molecule has 0 unspecified atom stereocenters. The number of para-hydroxylation sites is 1. The molecule has 0 radical (unpaired) electrons. The van der Waals surface area contributed by atoms with Gasteiger partial charge in [-0.15, -0.1) is 0 Å². The van der Waals surface area contributed by atoms with Crippen LogP contribution in [0.2, 0.25) is 0 Å². The predicted octanol–water partition coefficient (Wildman–Crippen LogP) is 2.67. The summed E-state index contributed by atoms with van der Waals surface area (Å²) in [7, 11) is 0. The summed E-state index contributed by atoms with van der Waals surface area (Å²) in [6.45, 7) is 5.13. The van der Waals surface area contributed by atoms with Gasteiger partial charge in [-0.2, -0.15) is 0 Å². The van der Waals surface area contributed by atoms with Crippen LogP contribution in [0.25, 0.3) is 10.9 Å². The molecule has 0 bridgehead atoms. The van der Waals surface area contributed by atoms with Crippen LogP contribution in [0.1, 0.15) is 19.0 Å². The van der Waals surface area contributed by atoms with Gasteiger partial charge in [0.15, 0.2) is 0 Å². The molecular weight excluding hydrogens is 224 g/mol. The lowest BCUT2D eigenvalue weighted by atomic mass is 10.1. The average Bonchev–Trinajstić information content (AvgIpc) is 2.74. The molecule has 3 heteroatoms. The minimum atomic E-state index is 0.269. The Morgan fingerprint density at radius 3 is 2.94 bits per heavy atom. The summed E-state index contributed by atoms with van der Waals surface area (Å²) in [6, 6.07) is 10.7. The Kier molecular flexibility index (Phi) is 2.92. The molecule has 0 saturated carbocycles. The predicted molar refractivity (Wildman–Crippen MR) is 73.0 cm³/mol. The lowest BCUT2D eigenvalue weighted by molar-refractivity contribution is 0.223. The van der Waals surface area contributed by atoms with Crippen molar-refractivity contribution in [1.29, 1.82) is 0 Å². The Bertz CT molecular complexity index is 567. The maximum Gasteiger partial charge on any atom is 0.130 e. The Hall–Kier alpha value is -1.61. The highest BCUT2D eigenvalue weighted by Crippen LogP contribution is 2.27. The van der Waals surface area contributed by atoms with Crippen LogP contribution in [0.3, 0.4) is 0 Å². The number of hydrogen-bond donors (Lipinski definition) is 1. The van der Waals surface area contributed by atoms with Gasteiger partial charge in [0.25, 0.3) is 0 Å². The first kappa shape index (κ1) is 11.5. The number of pyridine rings is 1. The van der Waals surface area contributed by atoms with Gasteiger partial charge in [0, 0.05) is 36.2 Å². The molecule has 2 heterocycles. The van der Waals surface area contributed by atoms with Gasteiger partial charge in [-0.05, 0) is 26.0 Å². The van der Waals surface area contributed by atoms with Crippen LogP contribution in [0.4, 0.5) is 0 Å². The third-order valence-electron chi connectivity index (χ3n) is 3.41. The average molecular weight is 242 g/mol. The number of rotatable bonds is 2. The third-order valence-corrected chi connectivity index (χ3v) is 3.41. The lowest BCUT2D eigenvalue weighted by Crippen LogP contribution is -2.20. The van der Waals surface area contributed by atoms with Crippen LogP contribution in [0, 0.1) is 6.92 Å². The zero-order chi connectivity index (χ0) is 12.5. The molecule has 1 N–H and O–H groups in total. The Morgan fingerprint density at radius 1 is 1.33 bits per heavy atom. The second-order valence-electron chi connectivity index (χ2n) is 5.06. The maximum atomic E-state index is 6.14. The van der Waals surface area contributed by atoms with Crippen molar-refractivity contribution < 1.29 is 4.74 Å². The van der Waals surface area contributed by atoms with Crippen LogP contribution >= 0.6 is 0 Å². The fourth-order valence-corrected chi connectivity index (χ4v) is 2.53. The number of aromatic nitrogens is 1. The molecule has 2 aromatic rings. The summed E-state index contributed by atoms with van der Waals surface area (Å²) in [6.07, 6.45) is 1.33. The van der Waals surface area contributed by atoms with Crippen molar-refractivity contribution in [3.05, 3.63) is 36.0 Å². The molecule has 3 nitrogen and oxygen atoms in total. The van der Waals surface area contributed by atoms with Gasteiger partial charge in [-0.1, -0.05) is 12.1 Å². The minimum absolute atomic E-state index is 0.269. The van der Waals surface area contributed by atoms with E-state index in [0.29, 0.717) is 6.04 Å². The molecule has 3 rings (SSSR count). The largest absolute Gasteiger partial charge is 0.488 e. The smallest absolute Gasteiger partial charge is 0.130 e. The molecule has 18 heavy (non-hydrogen) atoms. The second kappa shape index (κ2) is 4.58. The molecule has 2 atom stereocenters. The van der Waals surface area contributed by atoms with Gasteiger partial charge >= 0.3 is 0 Å². The number of fused-ring (bicyclic) bond motifs is 1. The van der Waals surface area contributed by atoms with Crippen molar-refractivity contribution in [3.8, 4) is 5.75 Å². The fraction of sp³-hybridized carbons (Fsp3) is 0.400. The van der Waals surface area contributed by atoms with Gasteiger partial charge in [-0.25, -0.2) is 0 Å². The summed E-state index contributed by atoms with van der Waals surface area (Å²) in [5.41, 5.74) is 2.01. The molecule has 1 aliphatic rings. The molecular formula is C15H18N2O. The fourth-order valence-electron chi connectivity index (χ4n) is 2.53. The highest BCUT2D eigenvalue weighted by atomic mass is 16.5. The number of benzene rings is 1. The molecule has 1 aromatic heterocycles. The Labute approximate surface area is 107 Å². The molecule has 1 aliphatic heterocycles. The van der Waals surface area contributed by atoms with E-state index in [1.807, 2.05) is 31.2 Å². The summed E-state index contributed by atoms with van der Waals surface area (Å²) < 4.78 is 6.14. The molecule has 0 amide bonds. The molecule has 0 aliphatic carbocycles. The van der Waals surface area contributed by atoms with Gasteiger partial charge in [0.1, 0.15) is 11.9 Å². The van der Waals surface area contributed by atoms with E-state index < -0.39 is 0 Å². The third kappa shape index (κ3) is 2.18. The van der Waals surface area contributed by atoms with Crippen molar-refractivity contribution in [1.82, 2.24) is 10.3 Å². The van der Waals surface area contributed by atoms with Crippen LogP contribution in [-0.4, -0.2) is 23.7 Å². The Balaban J connectivity index is 1.95. The van der Waals surface area contributed by atoms with Gasteiger partial charge in [0.2, 0.25) is 0 Å². The van der Waals surface area contributed by atoms with Crippen LogP contribution in [0.5, 0.6) is 5.75 Å². The van der Waals surface area contributed by atoms with Crippen molar-refractivity contribution in [2.24, 2.45) is 0 Å². The first-order valence-corrected chi connectivity index (χ1v) is 6.49. The first-order valence-electron chi connectivity index (χ1n) is 6.49. The quantitative estimate of drug-likeness (QED) is 0.879. The van der Waals surface area contributed by atoms with E-state index in [0.717, 1.165) is 35.3 Å². The highest BCUT2D eigenvalue weighted by molar-refractivity contribution is 5.85. The van der Waals surface area contributed by atoms with Gasteiger partial charge in [-0.3, -0.25) is 4.98 Å². The zero-order valence-electron chi connectivity index (χ0n) is 10.8. The van der Waals surface area contributed by atoms with E-state index in [2.05, 4.69) is 23.3 Å². The highest BCUT2D eigenvalue weighted by Gasteiger charge is 2.22. The lowest BCUT2D eigenvalue weighted by Gasteiger charge is -2.15. The maximum absolute atomic E-state index is 6.14. The molecule has 94 valence electrons.